The van der Waals surface area contributed by atoms with Gasteiger partial charge in [0.15, 0.2) is 5.96 Å². The van der Waals surface area contributed by atoms with E-state index >= 15 is 0 Å². The van der Waals surface area contributed by atoms with Crippen LogP contribution in [0.2, 0.25) is 0 Å². The third kappa shape index (κ3) is 7.46. The summed E-state index contributed by atoms with van der Waals surface area (Å²) in [6.45, 7) is 7.14. The zero-order valence-corrected chi connectivity index (χ0v) is 18.1. The highest BCUT2D eigenvalue weighted by Crippen LogP contribution is 2.12. The van der Waals surface area contributed by atoms with Gasteiger partial charge in [0, 0.05) is 37.8 Å². The van der Waals surface area contributed by atoms with Crippen molar-refractivity contribution in [1.29, 1.82) is 0 Å². The van der Waals surface area contributed by atoms with Crippen molar-refractivity contribution < 1.29 is 19.1 Å². The van der Waals surface area contributed by atoms with Crippen LogP contribution in [0.5, 0.6) is 5.75 Å². The van der Waals surface area contributed by atoms with Crippen LogP contribution in [0.3, 0.4) is 0 Å². The molecule has 0 bridgehead atoms. The summed E-state index contributed by atoms with van der Waals surface area (Å²) in [6.07, 6.45) is 1.41. The Labute approximate surface area is 178 Å². The Kier molecular flexibility index (Phi) is 9.76. The molecular formula is C21H33N5O4. The molecule has 166 valence electrons. The van der Waals surface area contributed by atoms with Gasteiger partial charge in [-0.25, -0.2) is 4.79 Å². The molecule has 30 heavy (non-hydrogen) atoms. The molecule has 1 fully saturated rings. The van der Waals surface area contributed by atoms with E-state index < -0.39 is 0 Å². The van der Waals surface area contributed by atoms with E-state index in [2.05, 4.69) is 20.9 Å². The smallest absolute Gasteiger partial charge is 0.409 e. The number of carbonyl (C=O) groups excluding carboxylic acids is 2. The topological polar surface area (TPSA) is 104 Å². The second-order valence-electron chi connectivity index (χ2n) is 6.85. The molecule has 0 aliphatic carbocycles. The molecule has 0 saturated carbocycles. The summed E-state index contributed by atoms with van der Waals surface area (Å²) in [5.74, 6) is 1.20. The van der Waals surface area contributed by atoms with Gasteiger partial charge in [0.2, 0.25) is 0 Å². The average molecular weight is 420 g/mol. The van der Waals surface area contributed by atoms with E-state index in [1.54, 1.807) is 36.3 Å². The zero-order valence-electron chi connectivity index (χ0n) is 18.1. The standard InChI is InChI=1S/C21H33N5O4/c1-4-22-20(25-17-9-13-26(14-10-17)21(28)30-5-2)24-12-11-23-19(27)16-7-6-8-18(15-16)29-3/h6-8,15,17H,4-5,9-14H2,1-3H3,(H,23,27)(H2,22,24,25). The van der Waals surface area contributed by atoms with E-state index in [4.69, 9.17) is 9.47 Å². The Morgan fingerprint density at radius 2 is 1.97 bits per heavy atom. The van der Waals surface area contributed by atoms with Gasteiger partial charge >= 0.3 is 6.09 Å². The summed E-state index contributed by atoms with van der Waals surface area (Å²) in [5, 5.41) is 9.50. The van der Waals surface area contributed by atoms with Gasteiger partial charge in [-0.2, -0.15) is 0 Å². The van der Waals surface area contributed by atoms with Gasteiger partial charge in [0.05, 0.1) is 20.3 Å². The van der Waals surface area contributed by atoms with Gasteiger partial charge in [-0.15, -0.1) is 0 Å². The molecule has 1 aliphatic rings. The van der Waals surface area contributed by atoms with Crippen LogP contribution in [-0.4, -0.2) is 75.3 Å². The number of aliphatic imine (C=N–C) groups is 1. The number of rotatable bonds is 8. The first-order chi connectivity index (χ1) is 14.6. The lowest BCUT2D eigenvalue weighted by Crippen LogP contribution is -2.50. The molecule has 1 aliphatic heterocycles. The first kappa shape index (κ1) is 23.3. The minimum Gasteiger partial charge on any atom is -0.497 e. The molecule has 9 nitrogen and oxygen atoms in total. The second kappa shape index (κ2) is 12.6. The van der Waals surface area contributed by atoms with E-state index in [1.165, 1.54) is 0 Å². The predicted molar refractivity (Wildman–Crippen MR) is 116 cm³/mol. The Morgan fingerprint density at radius 1 is 1.20 bits per heavy atom. The average Bonchev–Trinajstić information content (AvgIpc) is 2.77. The number of piperidine rings is 1. The van der Waals surface area contributed by atoms with Crippen LogP contribution < -0.4 is 20.7 Å². The van der Waals surface area contributed by atoms with E-state index in [9.17, 15) is 9.59 Å². The van der Waals surface area contributed by atoms with Gasteiger partial charge in [-0.1, -0.05) is 6.07 Å². The molecule has 0 radical (unpaired) electrons. The monoisotopic (exact) mass is 419 g/mol. The van der Waals surface area contributed by atoms with Crippen LogP contribution in [0.1, 0.15) is 37.0 Å². The van der Waals surface area contributed by atoms with Crippen LogP contribution in [0, 0.1) is 0 Å². The zero-order chi connectivity index (χ0) is 21.8. The first-order valence-electron chi connectivity index (χ1n) is 10.5. The Hall–Kier alpha value is -2.97. The number of methoxy groups -OCH3 is 1. The fourth-order valence-corrected chi connectivity index (χ4v) is 3.14. The van der Waals surface area contributed by atoms with Crippen molar-refractivity contribution in [3.63, 3.8) is 0 Å². The molecule has 1 aromatic carbocycles. The number of likely N-dealkylation sites (tertiary alicyclic amines) is 1. The highest BCUT2D eigenvalue weighted by Gasteiger charge is 2.24. The van der Waals surface area contributed by atoms with Crippen molar-refractivity contribution in [2.45, 2.75) is 32.7 Å². The third-order valence-corrected chi connectivity index (χ3v) is 4.71. The molecule has 2 amide bonds. The fourth-order valence-electron chi connectivity index (χ4n) is 3.14. The Bertz CT molecular complexity index is 717. The maximum atomic E-state index is 12.2. The summed E-state index contributed by atoms with van der Waals surface area (Å²) in [6, 6.07) is 7.27. The minimum absolute atomic E-state index is 0.159. The van der Waals surface area contributed by atoms with Crippen LogP contribution in [0.25, 0.3) is 0 Å². The normalized spacial score (nSPS) is 14.8. The molecule has 0 unspecified atom stereocenters. The maximum Gasteiger partial charge on any atom is 0.409 e. The summed E-state index contributed by atoms with van der Waals surface area (Å²) < 4.78 is 10.2. The van der Waals surface area contributed by atoms with Crippen molar-refractivity contribution in [2.24, 2.45) is 4.99 Å². The molecule has 0 atom stereocenters. The summed E-state index contributed by atoms with van der Waals surface area (Å²) in [5.41, 5.74) is 0.553. The van der Waals surface area contributed by atoms with Gasteiger partial charge in [-0.05, 0) is 44.9 Å². The summed E-state index contributed by atoms with van der Waals surface area (Å²) >= 11 is 0. The molecular weight excluding hydrogens is 386 g/mol. The van der Waals surface area contributed by atoms with Gasteiger partial charge in [0.1, 0.15) is 5.75 Å². The Morgan fingerprint density at radius 3 is 2.63 bits per heavy atom. The number of carbonyl (C=O) groups is 2. The minimum atomic E-state index is -0.247. The number of hydrogen-bond donors (Lipinski definition) is 3. The van der Waals surface area contributed by atoms with Crippen molar-refractivity contribution in [3.05, 3.63) is 29.8 Å². The fraction of sp³-hybridized carbons (Fsp3) is 0.571. The molecule has 2 rings (SSSR count). The number of guanidine groups is 1. The number of amides is 2. The molecule has 1 saturated heterocycles. The summed E-state index contributed by atoms with van der Waals surface area (Å²) in [4.78, 5) is 30.3. The third-order valence-electron chi connectivity index (χ3n) is 4.71. The van der Waals surface area contributed by atoms with E-state index in [1.807, 2.05) is 13.8 Å². The molecule has 1 aromatic rings. The number of benzene rings is 1. The van der Waals surface area contributed by atoms with Gasteiger partial charge < -0.3 is 30.3 Å². The molecule has 0 spiro atoms. The van der Waals surface area contributed by atoms with Crippen molar-refractivity contribution >= 4 is 18.0 Å². The number of ether oxygens (including phenoxy) is 2. The lowest BCUT2D eigenvalue weighted by molar-refractivity contribution is 0.0948. The van der Waals surface area contributed by atoms with E-state index in [0.717, 1.165) is 19.4 Å². The quantitative estimate of drug-likeness (QED) is 0.336. The van der Waals surface area contributed by atoms with Crippen LogP contribution >= 0.6 is 0 Å². The van der Waals surface area contributed by atoms with Gasteiger partial charge in [0.25, 0.3) is 5.91 Å². The number of hydrogen-bond acceptors (Lipinski definition) is 5. The van der Waals surface area contributed by atoms with Crippen molar-refractivity contribution in [2.75, 3.05) is 46.4 Å². The highest BCUT2D eigenvalue weighted by atomic mass is 16.6. The number of nitrogens with zero attached hydrogens (tertiary/aromatic N) is 2. The maximum absolute atomic E-state index is 12.2. The highest BCUT2D eigenvalue weighted by molar-refractivity contribution is 5.94. The first-order valence-corrected chi connectivity index (χ1v) is 10.5. The molecule has 9 heteroatoms. The van der Waals surface area contributed by atoms with Crippen LogP contribution in [0.15, 0.2) is 29.3 Å². The lowest BCUT2D eigenvalue weighted by Gasteiger charge is -2.32. The molecule has 1 heterocycles. The molecule has 3 N–H and O–H groups in total. The number of nitrogens with one attached hydrogen (secondary N) is 3. The molecule has 0 aromatic heterocycles. The van der Waals surface area contributed by atoms with E-state index in [0.29, 0.717) is 50.1 Å². The van der Waals surface area contributed by atoms with Crippen LogP contribution in [0.4, 0.5) is 4.79 Å². The van der Waals surface area contributed by atoms with Crippen molar-refractivity contribution in [1.82, 2.24) is 20.9 Å². The summed E-state index contributed by atoms with van der Waals surface area (Å²) in [7, 11) is 1.57. The van der Waals surface area contributed by atoms with Crippen molar-refractivity contribution in [3.8, 4) is 5.75 Å². The van der Waals surface area contributed by atoms with E-state index in [-0.39, 0.29) is 18.0 Å². The second-order valence-corrected chi connectivity index (χ2v) is 6.85. The van der Waals surface area contributed by atoms with Crippen LogP contribution in [-0.2, 0) is 4.74 Å². The van der Waals surface area contributed by atoms with Gasteiger partial charge in [-0.3, -0.25) is 9.79 Å². The lowest BCUT2D eigenvalue weighted by atomic mass is 10.1. The SMILES string of the molecule is CCNC(=NCCNC(=O)c1cccc(OC)c1)NC1CCN(C(=O)OCC)CC1. The Balaban J connectivity index is 1.77. The predicted octanol–water partition coefficient (Wildman–Crippen LogP) is 1.60. The largest absolute Gasteiger partial charge is 0.497 e.